The lowest BCUT2D eigenvalue weighted by Crippen LogP contribution is -2.00. The van der Waals surface area contributed by atoms with Gasteiger partial charge in [-0.25, -0.2) is 15.0 Å². The molecule has 0 amide bonds. The van der Waals surface area contributed by atoms with Gasteiger partial charge in [-0.05, 0) is 40.5 Å². The second-order valence-electron chi connectivity index (χ2n) is 10.5. The standard InChI is InChI=1S/C39H25N3S/c1-3-10-26(11-4-1)28-18-20-29(21-19-28)37-40-38(31-15-9-14-30(24-31)27-12-5-2-6-13-27)42-39(41-37)32-22-23-34-33-16-7-8-17-35(33)43-36(34)25-32/h1-25H. The molecule has 8 rings (SSSR count). The van der Waals surface area contributed by atoms with Crippen LogP contribution in [-0.4, -0.2) is 15.0 Å². The molecule has 2 aromatic heterocycles. The third-order valence-electron chi connectivity index (χ3n) is 7.75. The van der Waals surface area contributed by atoms with Crippen LogP contribution in [0.1, 0.15) is 0 Å². The molecule has 0 bridgehead atoms. The van der Waals surface area contributed by atoms with Crippen LogP contribution in [0.2, 0.25) is 0 Å². The van der Waals surface area contributed by atoms with Gasteiger partial charge in [0.15, 0.2) is 17.5 Å². The maximum atomic E-state index is 5.04. The average molecular weight is 568 g/mol. The molecule has 0 spiro atoms. The Hall–Kier alpha value is -5.45. The number of rotatable bonds is 5. The zero-order chi connectivity index (χ0) is 28.6. The van der Waals surface area contributed by atoms with Crippen LogP contribution in [0.5, 0.6) is 0 Å². The molecule has 0 fully saturated rings. The SMILES string of the molecule is c1ccc(-c2ccc(-c3nc(-c4cccc(-c5ccccc5)c4)nc(-c4ccc5c(c4)sc4ccccc45)n3)cc2)cc1. The molecule has 8 aromatic rings. The summed E-state index contributed by atoms with van der Waals surface area (Å²) < 4.78 is 2.50. The predicted octanol–water partition coefficient (Wildman–Crippen LogP) is 10.6. The van der Waals surface area contributed by atoms with Gasteiger partial charge in [-0.3, -0.25) is 0 Å². The number of fused-ring (bicyclic) bond motifs is 3. The summed E-state index contributed by atoms with van der Waals surface area (Å²) in [7, 11) is 0. The topological polar surface area (TPSA) is 38.7 Å². The summed E-state index contributed by atoms with van der Waals surface area (Å²) in [4.78, 5) is 15.1. The Morgan fingerprint density at radius 1 is 0.302 bits per heavy atom. The van der Waals surface area contributed by atoms with Crippen LogP contribution in [-0.2, 0) is 0 Å². The van der Waals surface area contributed by atoms with Crippen molar-refractivity contribution in [3.05, 3.63) is 152 Å². The number of nitrogens with zero attached hydrogens (tertiary/aromatic N) is 3. The number of hydrogen-bond donors (Lipinski definition) is 0. The minimum Gasteiger partial charge on any atom is -0.208 e. The summed E-state index contributed by atoms with van der Waals surface area (Å²) in [6.07, 6.45) is 0. The molecule has 0 saturated carbocycles. The zero-order valence-corrected chi connectivity index (χ0v) is 24.0. The third-order valence-corrected chi connectivity index (χ3v) is 8.88. The molecule has 0 atom stereocenters. The molecular weight excluding hydrogens is 543 g/mol. The summed E-state index contributed by atoms with van der Waals surface area (Å²) in [6.45, 7) is 0. The van der Waals surface area contributed by atoms with Crippen molar-refractivity contribution in [3.63, 3.8) is 0 Å². The van der Waals surface area contributed by atoms with E-state index in [0.717, 1.165) is 33.4 Å². The largest absolute Gasteiger partial charge is 0.208 e. The van der Waals surface area contributed by atoms with Crippen molar-refractivity contribution in [3.8, 4) is 56.4 Å². The Balaban J connectivity index is 1.27. The first-order valence-corrected chi connectivity index (χ1v) is 15.1. The van der Waals surface area contributed by atoms with Gasteiger partial charge in [-0.1, -0.05) is 133 Å². The highest BCUT2D eigenvalue weighted by Crippen LogP contribution is 2.36. The molecular formula is C39H25N3S. The van der Waals surface area contributed by atoms with E-state index in [1.165, 1.54) is 25.7 Å². The van der Waals surface area contributed by atoms with E-state index in [2.05, 4.69) is 140 Å². The molecule has 2 heterocycles. The van der Waals surface area contributed by atoms with Crippen molar-refractivity contribution >= 4 is 31.5 Å². The molecule has 0 radical (unpaired) electrons. The van der Waals surface area contributed by atoms with Crippen LogP contribution in [0, 0.1) is 0 Å². The number of thiophene rings is 1. The van der Waals surface area contributed by atoms with Crippen molar-refractivity contribution < 1.29 is 0 Å². The zero-order valence-electron chi connectivity index (χ0n) is 23.2. The molecule has 0 aliphatic heterocycles. The highest BCUT2D eigenvalue weighted by molar-refractivity contribution is 7.25. The van der Waals surface area contributed by atoms with E-state index in [1.807, 2.05) is 12.1 Å². The molecule has 6 aromatic carbocycles. The Bertz CT molecular complexity index is 2220. The van der Waals surface area contributed by atoms with E-state index in [-0.39, 0.29) is 0 Å². The van der Waals surface area contributed by atoms with E-state index >= 15 is 0 Å². The molecule has 202 valence electrons. The first-order chi connectivity index (χ1) is 21.3. The third kappa shape index (κ3) is 4.88. The minimum absolute atomic E-state index is 0.654. The molecule has 0 aliphatic carbocycles. The van der Waals surface area contributed by atoms with Gasteiger partial charge in [0, 0.05) is 36.9 Å². The fourth-order valence-electron chi connectivity index (χ4n) is 5.54. The van der Waals surface area contributed by atoms with Crippen LogP contribution >= 0.6 is 11.3 Å². The van der Waals surface area contributed by atoms with Crippen molar-refractivity contribution in [2.75, 3.05) is 0 Å². The highest BCUT2D eigenvalue weighted by atomic mass is 32.1. The summed E-state index contributed by atoms with van der Waals surface area (Å²) in [5.41, 5.74) is 7.50. The second-order valence-corrected chi connectivity index (χ2v) is 11.6. The van der Waals surface area contributed by atoms with Crippen molar-refractivity contribution in [2.24, 2.45) is 0 Å². The van der Waals surface area contributed by atoms with Gasteiger partial charge in [-0.15, -0.1) is 11.3 Å². The van der Waals surface area contributed by atoms with Crippen LogP contribution in [0.15, 0.2) is 152 Å². The Labute approximate surface area is 253 Å². The van der Waals surface area contributed by atoms with Crippen molar-refractivity contribution in [2.45, 2.75) is 0 Å². The molecule has 43 heavy (non-hydrogen) atoms. The summed E-state index contributed by atoms with van der Waals surface area (Å²) in [5, 5.41) is 2.54. The van der Waals surface area contributed by atoms with Crippen molar-refractivity contribution in [1.82, 2.24) is 15.0 Å². The first-order valence-electron chi connectivity index (χ1n) is 14.3. The normalized spacial score (nSPS) is 11.3. The van der Waals surface area contributed by atoms with Gasteiger partial charge in [0.25, 0.3) is 0 Å². The monoisotopic (exact) mass is 567 g/mol. The molecule has 3 nitrogen and oxygen atoms in total. The maximum Gasteiger partial charge on any atom is 0.164 e. The molecule has 0 saturated heterocycles. The van der Waals surface area contributed by atoms with E-state index in [0.29, 0.717) is 17.5 Å². The first kappa shape index (κ1) is 25.3. The fourth-order valence-corrected chi connectivity index (χ4v) is 6.68. The lowest BCUT2D eigenvalue weighted by Gasteiger charge is -2.10. The molecule has 0 unspecified atom stereocenters. The van der Waals surface area contributed by atoms with Crippen LogP contribution in [0.4, 0.5) is 0 Å². The Morgan fingerprint density at radius 2 is 0.767 bits per heavy atom. The van der Waals surface area contributed by atoms with Gasteiger partial charge in [0.1, 0.15) is 0 Å². The van der Waals surface area contributed by atoms with Gasteiger partial charge in [0.2, 0.25) is 0 Å². The predicted molar refractivity (Wildman–Crippen MR) is 180 cm³/mol. The van der Waals surface area contributed by atoms with Gasteiger partial charge in [-0.2, -0.15) is 0 Å². The minimum atomic E-state index is 0.654. The number of aromatic nitrogens is 3. The number of hydrogen-bond acceptors (Lipinski definition) is 4. The van der Waals surface area contributed by atoms with E-state index in [4.69, 9.17) is 15.0 Å². The molecule has 0 aliphatic rings. The summed E-state index contributed by atoms with van der Waals surface area (Å²) >= 11 is 1.80. The maximum absolute atomic E-state index is 5.04. The van der Waals surface area contributed by atoms with E-state index < -0.39 is 0 Å². The van der Waals surface area contributed by atoms with Crippen LogP contribution < -0.4 is 0 Å². The van der Waals surface area contributed by atoms with Gasteiger partial charge < -0.3 is 0 Å². The molecule has 4 heteroatoms. The average Bonchev–Trinajstić information content (AvgIpc) is 3.47. The van der Waals surface area contributed by atoms with Crippen LogP contribution in [0.3, 0.4) is 0 Å². The van der Waals surface area contributed by atoms with Crippen LogP contribution in [0.25, 0.3) is 76.6 Å². The highest BCUT2D eigenvalue weighted by Gasteiger charge is 2.15. The smallest absolute Gasteiger partial charge is 0.164 e. The van der Waals surface area contributed by atoms with E-state index in [1.54, 1.807) is 11.3 Å². The fraction of sp³-hybridized carbons (Fsp3) is 0. The lowest BCUT2D eigenvalue weighted by molar-refractivity contribution is 1.07. The summed E-state index contributed by atoms with van der Waals surface area (Å²) in [5.74, 6) is 1.97. The number of benzene rings is 6. The Morgan fingerprint density at radius 3 is 1.49 bits per heavy atom. The second kappa shape index (κ2) is 10.8. The Kier molecular flexibility index (Phi) is 6.32. The lowest BCUT2D eigenvalue weighted by atomic mass is 10.0. The summed E-state index contributed by atoms with van der Waals surface area (Å²) in [6, 6.07) is 52.8. The quantitative estimate of drug-likeness (QED) is 0.208. The van der Waals surface area contributed by atoms with Gasteiger partial charge >= 0.3 is 0 Å². The molecule has 0 N–H and O–H groups in total. The van der Waals surface area contributed by atoms with E-state index in [9.17, 15) is 0 Å². The van der Waals surface area contributed by atoms with Crippen molar-refractivity contribution in [1.29, 1.82) is 0 Å². The van der Waals surface area contributed by atoms with Gasteiger partial charge in [0.05, 0.1) is 0 Å².